The molecule has 0 spiro atoms. The Hall–Kier alpha value is -2.34. The third-order valence-electron chi connectivity index (χ3n) is 6.63. The Balaban J connectivity index is 1.24. The Kier molecular flexibility index (Phi) is 6.72. The molecule has 2 aromatic rings. The number of amides is 1. The molecular weight excluding hydrogens is 378 g/mol. The van der Waals surface area contributed by atoms with Crippen molar-refractivity contribution < 1.29 is 9.53 Å². The summed E-state index contributed by atoms with van der Waals surface area (Å²) in [6.07, 6.45) is 7.36. The fourth-order valence-electron chi connectivity index (χ4n) is 4.83. The first-order valence-corrected chi connectivity index (χ1v) is 11.4. The molecule has 0 atom stereocenters. The monoisotopic (exact) mass is 411 g/mol. The van der Waals surface area contributed by atoms with Gasteiger partial charge in [-0.3, -0.25) is 9.59 Å². The fourth-order valence-corrected chi connectivity index (χ4v) is 4.83. The van der Waals surface area contributed by atoms with Gasteiger partial charge < -0.3 is 19.1 Å². The molecule has 1 aromatic carbocycles. The summed E-state index contributed by atoms with van der Waals surface area (Å²) in [5.41, 5.74) is 0.768. The zero-order chi connectivity index (χ0) is 20.9. The molecule has 1 amide bonds. The molecule has 30 heavy (non-hydrogen) atoms. The van der Waals surface area contributed by atoms with Gasteiger partial charge in [0.15, 0.2) is 0 Å². The third kappa shape index (κ3) is 4.69. The van der Waals surface area contributed by atoms with Crippen LogP contribution in [0, 0.1) is 0 Å². The lowest BCUT2D eigenvalue weighted by atomic mass is 9.99. The van der Waals surface area contributed by atoms with Crippen molar-refractivity contribution in [3.05, 3.63) is 40.7 Å². The van der Waals surface area contributed by atoms with E-state index in [9.17, 15) is 9.59 Å². The van der Waals surface area contributed by atoms with Gasteiger partial charge in [-0.25, -0.2) is 0 Å². The lowest BCUT2D eigenvalue weighted by molar-refractivity contribution is -0.133. The zero-order valence-electron chi connectivity index (χ0n) is 18.0. The number of benzene rings is 1. The summed E-state index contributed by atoms with van der Waals surface area (Å²) in [5, 5.41) is 0.922. The molecule has 2 fully saturated rings. The molecular formula is C24H33N3O3. The van der Waals surface area contributed by atoms with Crippen LogP contribution in [0.3, 0.4) is 0 Å². The maximum Gasteiger partial charge on any atom is 0.254 e. The Bertz CT molecular complexity index is 925. The number of hydrogen-bond acceptors (Lipinski definition) is 4. The highest BCUT2D eigenvalue weighted by Crippen LogP contribution is 2.24. The van der Waals surface area contributed by atoms with E-state index in [1.165, 1.54) is 38.4 Å². The lowest BCUT2D eigenvalue weighted by Crippen LogP contribution is -2.48. The summed E-state index contributed by atoms with van der Waals surface area (Å²) in [6.45, 7) is 4.65. The van der Waals surface area contributed by atoms with Crippen LogP contribution in [0.2, 0.25) is 0 Å². The third-order valence-corrected chi connectivity index (χ3v) is 6.63. The van der Waals surface area contributed by atoms with Crippen molar-refractivity contribution in [2.45, 2.75) is 51.0 Å². The predicted octanol–water partition coefficient (Wildman–Crippen LogP) is 3.17. The molecule has 4 rings (SSSR count). The van der Waals surface area contributed by atoms with Crippen LogP contribution >= 0.6 is 0 Å². The maximum absolute atomic E-state index is 12.6. The smallest absolute Gasteiger partial charge is 0.254 e. The second-order valence-electron chi connectivity index (χ2n) is 8.58. The average Bonchev–Trinajstić information content (AvgIpc) is 2.80. The minimum absolute atomic E-state index is 0.0867. The topological polar surface area (TPSA) is 54.8 Å². The second kappa shape index (κ2) is 9.65. The van der Waals surface area contributed by atoms with Crippen molar-refractivity contribution in [1.29, 1.82) is 0 Å². The zero-order valence-corrected chi connectivity index (χ0v) is 18.0. The normalized spacial score (nSPS) is 18.6. The van der Waals surface area contributed by atoms with Gasteiger partial charge in [-0.2, -0.15) is 0 Å². The van der Waals surface area contributed by atoms with Crippen molar-refractivity contribution in [3.8, 4) is 5.75 Å². The van der Waals surface area contributed by atoms with E-state index < -0.39 is 0 Å². The molecule has 0 radical (unpaired) electrons. The molecule has 6 heteroatoms. The Morgan fingerprint density at radius 1 is 1.07 bits per heavy atom. The van der Waals surface area contributed by atoms with Crippen LogP contribution in [0.5, 0.6) is 5.75 Å². The number of carbonyl (C=O) groups excluding carboxylic acids is 1. The van der Waals surface area contributed by atoms with Crippen LogP contribution in [0.25, 0.3) is 10.9 Å². The van der Waals surface area contributed by atoms with E-state index in [-0.39, 0.29) is 11.5 Å². The molecule has 162 valence electrons. The van der Waals surface area contributed by atoms with Gasteiger partial charge in [-0.05, 0) is 57.3 Å². The number of pyridine rings is 1. The van der Waals surface area contributed by atoms with E-state index in [4.69, 9.17) is 4.74 Å². The largest absolute Gasteiger partial charge is 0.493 e. The number of nitrogens with zero attached hydrogens (tertiary/aromatic N) is 3. The van der Waals surface area contributed by atoms with Gasteiger partial charge in [0, 0.05) is 44.1 Å². The first kappa shape index (κ1) is 20.9. The van der Waals surface area contributed by atoms with Gasteiger partial charge in [-0.15, -0.1) is 0 Å². The minimum atomic E-state index is -0.0867. The number of piperidine rings is 2. The number of fused-ring (bicyclic) bond motifs is 1. The summed E-state index contributed by atoms with van der Waals surface area (Å²) >= 11 is 0. The number of aromatic nitrogens is 1. The molecule has 6 nitrogen and oxygen atoms in total. The van der Waals surface area contributed by atoms with Gasteiger partial charge in [0.05, 0.1) is 12.1 Å². The molecule has 0 unspecified atom stereocenters. The number of likely N-dealkylation sites (tertiary alicyclic amines) is 2. The lowest BCUT2D eigenvalue weighted by Gasteiger charge is -2.40. The Morgan fingerprint density at radius 3 is 2.57 bits per heavy atom. The molecule has 3 heterocycles. The second-order valence-corrected chi connectivity index (χ2v) is 8.58. The van der Waals surface area contributed by atoms with Crippen molar-refractivity contribution in [2.24, 2.45) is 7.05 Å². The Morgan fingerprint density at radius 2 is 1.80 bits per heavy atom. The van der Waals surface area contributed by atoms with Gasteiger partial charge in [0.25, 0.3) is 5.56 Å². The van der Waals surface area contributed by atoms with Crippen LogP contribution in [0.1, 0.15) is 44.9 Å². The summed E-state index contributed by atoms with van der Waals surface area (Å²) < 4.78 is 7.52. The first-order valence-electron chi connectivity index (χ1n) is 11.4. The fraction of sp³-hybridized carbons (Fsp3) is 0.583. The molecule has 2 saturated heterocycles. The number of rotatable bonds is 6. The molecule has 2 aliphatic heterocycles. The van der Waals surface area contributed by atoms with Gasteiger partial charge in [0.1, 0.15) is 5.75 Å². The summed E-state index contributed by atoms with van der Waals surface area (Å²) in [6, 6.07) is 9.93. The van der Waals surface area contributed by atoms with Crippen LogP contribution in [-0.4, -0.2) is 59.1 Å². The standard InChI is InChI=1S/C24H33N3O3/c1-25-21-9-4-3-8-20(21)22(18-24(25)29)30-17-7-10-23(28)27-15-11-19(12-16-27)26-13-5-2-6-14-26/h3-4,8-9,18-19H,2,5-7,10-17H2,1H3. The van der Waals surface area contributed by atoms with Crippen LogP contribution in [0.15, 0.2) is 35.1 Å². The summed E-state index contributed by atoms with van der Waals surface area (Å²) in [4.78, 5) is 29.4. The van der Waals surface area contributed by atoms with Gasteiger partial charge in [-0.1, -0.05) is 18.6 Å². The van der Waals surface area contributed by atoms with Crippen LogP contribution in [-0.2, 0) is 11.8 Å². The number of para-hydroxylation sites is 1. The van der Waals surface area contributed by atoms with E-state index in [1.807, 2.05) is 29.2 Å². The number of ether oxygens (including phenoxy) is 1. The highest BCUT2D eigenvalue weighted by atomic mass is 16.5. The SMILES string of the molecule is Cn1c(=O)cc(OCCCC(=O)N2CCC(N3CCCCC3)CC2)c2ccccc21. The number of aryl methyl sites for hydroxylation is 1. The molecule has 2 aliphatic rings. The van der Waals surface area contributed by atoms with Crippen molar-refractivity contribution in [1.82, 2.24) is 14.4 Å². The van der Waals surface area contributed by atoms with E-state index in [2.05, 4.69) is 4.90 Å². The predicted molar refractivity (Wildman–Crippen MR) is 119 cm³/mol. The highest BCUT2D eigenvalue weighted by molar-refractivity contribution is 5.85. The quantitative estimate of drug-likeness (QED) is 0.685. The van der Waals surface area contributed by atoms with Gasteiger partial charge in [0.2, 0.25) is 5.91 Å². The molecule has 0 N–H and O–H groups in total. The van der Waals surface area contributed by atoms with Crippen molar-refractivity contribution in [3.63, 3.8) is 0 Å². The van der Waals surface area contributed by atoms with Crippen molar-refractivity contribution >= 4 is 16.8 Å². The van der Waals surface area contributed by atoms with Crippen LogP contribution < -0.4 is 10.3 Å². The summed E-state index contributed by atoms with van der Waals surface area (Å²) in [7, 11) is 1.77. The van der Waals surface area contributed by atoms with E-state index in [0.29, 0.717) is 31.2 Å². The summed E-state index contributed by atoms with van der Waals surface area (Å²) in [5.74, 6) is 0.827. The highest BCUT2D eigenvalue weighted by Gasteiger charge is 2.27. The van der Waals surface area contributed by atoms with E-state index in [1.54, 1.807) is 11.6 Å². The van der Waals surface area contributed by atoms with Crippen molar-refractivity contribution in [2.75, 3.05) is 32.8 Å². The minimum Gasteiger partial charge on any atom is -0.493 e. The Labute approximate surface area is 178 Å². The average molecular weight is 412 g/mol. The number of hydrogen-bond donors (Lipinski definition) is 0. The van der Waals surface area contributed by atoms with Crippen LogP contribution in [0.4, 0.5) is 0 Å². The molecule has 1 aromatic heterocycles. The van der Waals surface area contributed by atoms with Gasteiger partial charge >= 0.3 is 0 Å². The molecule has 0 bridgehead atoms. The van der Waals surface area contributed by atoms with E-state index in [0.717, 1.165) is 36.8 Å². The molecule has 0 saturated carbocycles. The maximum atomic E-state index is 12.6. The van der Waals surface area contributed by atoms with E-state index >= 15 is 0 Å². The molecule has 0 aliphatic carbocycles. The number of carbonyl (C=O) groups is 1. The first-order chi connectivity index (χ1) is 14.6.